The van der Waals surface area contributed by atoms with E-state index in [2.05, 4.69) is 15.5 Å². The fraction of sp³-hybridized carbons (Fsp3) is 0.300. The van der Waals surface area contributed by atoms with E-state index in [1.54, 1.807) is 13.2 Å². The van der Waals surface area contributed by atoms with Crippen LogP contribution in [-0.2, 0) is 22.5 Å². The molecule has 8 heteroatoms. The van der Waals surface area contributed by atoms with Gasteiger partial charge in [-0.15, -0.1) is 0 Å². The number of ether oxygens (including phenoxy) is 1. The van der Waals surface area contributed by atoms with Gasteiger partial charge in [0.1, 0.15) is 6.54 Å². The van der Waals surface area contributed by atoms with Crippen LogP contribution in [0.5, 0.6) is 0 Å². The number of pyridine rings is 1. The lowest BCUT2D eigenvalue weighted by Crippen LogP contribution is -2.26. The first-order valence-electron chi connectivity index (χ1n) is 8.85. The standard InChI is InChI=1S/C20H22N4O4/c1-13-8-14(2)10-16(9-13)21-18(25)12-24-11-15(4-5-19(24)26)20-22-17(23-28-20)6-7-27-3/h4-5,8-11H,6-7,12H2,1-3H3,(H,21,25). The van der Waals surface area contributed by atoms with Crippen LogP contribution in [-0.4, -0.2) is 34.3 Å². The maximum atomic E-state index is 12.4. The van der Waals surface area contributed by atoms with Crippen molar-refractivity contribution >= 4 is 11.6 Å². The van der Waals surface area contributed by atoms with E-state index in [9.17, 15) is 9.59 Å². The van der Waals surface area contributed by atoms with Gasteiger partial charge in [0.15, 0.2) is 5.82 Å². The average molecular weight is 382 g/mol. The number of nitrogens with one attached hydrogen (secondary N) is 1. The Balaban J connectivity index is 1.75. The summed E-state index contributed by atoms with van der Waals surface area (Å²) in [6.07, 6.45) is 2.06. The van der Waals surface area contributed by atoms with Crippen molar-refractivity contribution in [2.45, 2.75) is 26.8 Å². The third-order valence-corrected chi connectivity index (χ3v) is 4.05. The van der Waals surface area contributed by atoms with E-state index in [0.717, 1.165) is 11.1 Å². The first-order valence-corrected chi connectivity index (χ1v) is 8.85. The van der Waals surface area contributed by atoms with Crippen molar-refractivity contribution < 1.29 is 14.1 Å². The normalized spacial score (nSPS) is 10.8. The molecule has 2 aromatic heterocycles. The molecule has 2 heterocycles. The Morgan fingerprint density at radius 1 is 1.21 bits per heavy atom. The number of methoxy groups -OCH3 is 1. The minimum Gasteiger partial charge on any atom is -0.384 e. The summed E-state index contributed by atoms with van der Waals surface area (Å²) in [4.78, 5) is 28.8. The maximum absolute atomic E-state index is 12.4. The molecule has 0 unspecified atom stereocenters. The summed E-state index contributed by atoms with van der Waals surface area (Å²) in [5, 5.41) is 6.70. The summed E-state index contributed by atoms with van der Waals surface area (Å²) < 4.78 is 11.5. The number of aromatic nitrogens is 3. The fourth-order valence-corrected chi connectivity index (χ4v) is 2.85. The Labute approximate surface area is 162 Å². The van der Waals surface area contributed by atoms with Crippen LogP contribution in [0.25, 0.3) is 11.5 Å². The molecular weight excluding hydrogens is 360 g/mol. The van der Waals surface area contributed by atoms with Gasteiger partial charge in [-0.05, 0) is 43.2 Å². The molecule has 3 rings (SSSR count). The summed E-state index contributed by atoms with van der Waals surface area (Å²) in [5.74, 6) is 0.507. The topological polar surface area (TPSA) is 99.3 Å². The number of carbonyl (C=O) groups excluding carboxylic acids is 1. The van der Waals surface area contributed by atoms with Gasteiger partial charge in [-0.1, -0.05) is 11.2 Å². The van der Waals surface area contributed by atoms with Crippen molar-refractivity contribution in [3.63, 3.8) is 0 Å². The highest BCUT2D eigenvalue weighted by molar-refractivity contribution is 5.90. The smallest absolute Gasteiger partial charge is 0.259 e. The van der Waals surface area contributed by atoms with Gasteiger partial charge >= 0.3 is 0 Å². The Morgan fingerprint density at radius 3 is 2.68 bits per heavy atom. The van der Waals surface area contributed by atoms with E-state index in [-0.39, 0.29) is 23.9 Å². The molecule has 3 aromatic rings. The number of amides is 1. The zero-order valence-electron chi connectivity index (χ0n) is 16.1. The van der Waals surface area contributed by atoms with E-state index in [1.807, 2.05) is 32.0 Å². The van der Waals surface area contributed by atoms with Gasteiger partial charge in [0.2, 0.25) is 5.91 Å². The van der Waals surface area contributed by atoms with Crippen molar-refractivity contribution in [1.29, 1.82) is 0 Å². The monoisotopic (exact) mass is 382 g/mol. The quantitative estimate of drug-likeness (QED) is 0.673. The van der Waals surface area contributed by atoms with Crippen LogP contribution in [0.1, 0.15) is 17.0 Å². The maximum Gasteiger partial charge on any atom is 0.259 e. The molecule has 0 radical (unpaired) electrons. The molecule has 146 valence electrons. The molecule has 1 N–H and O–H groups in total. The van der Waals surface area contributed by atoms with E-state index >= 15 is 0 Å². The molecule has 1 amide bonds. The van der Waals surface area contributed by atoms with Gasteiger partial charge in [0.25, 0.3) is 11.4 Å². The first kappa shape index (κ1) is 19.5. The number of hydrogen-bond acceptors (Lipinski definition) is 6. The van der Waals surface area contributed by atoms with Crippen LogP contribution in [0.4, 0.5) is 5.69 Å². The first-order chi connectivity index (χ1) is 13.4. The van der Waals surface area contributed by atoms with Crippen LogP contribution in [0.2, 0.25) is 0 Å². The molecular formula is C20H22N4O4. The van der Waals surface area contributed by atoms with Crippen molar-refractivity contribution in [3.8, 4) is 11.5 Å². The SMILES string of the molecule is COCCc1noc(-c2ccc(=O)n(CC(=O)Nc3cc(C)cc(C)c3)c2)n1. The van der Waals surface area contributed by atoms with Gasteiger partial charge in [-0.3, -0.25) is 9.59 Å². The van der Waals surface area contributed by atoms with Gasteiger partial charge in [-0.25, -0.2) is 0 Å². The number of rotatable bonds is 7. The molecule has 1 aromatic carbocycles. The van der Waals surface area contributed by atoms with Crippen molar-refractivity contribution in [2.75, 3.05) is 19.0 Å². The number of hydrogen-bond donors (Lipinski definition) is 1. The predicted octanol–water partition coefficient (Wildman–Crippen LogP) is 2.34. The third kappa shape index (κ3) is 4.92. The molecule has 8 nitrogen and oxygen atoms in total. The van der Waals surface area contributed by atoms with Gasteiger partial charge < -0.3 is 19.1 Å². The molecule has 28 heavy (non-hydrogen) atoms. The fourth-order valence-electron chi connectivity index (χ4n) is 2.85. The lowest BCUT2D eigenvalue weighted by Gasteiger charge is -2.09. The number of carbonyl (C=O) groups is 1. The highest BCUT2D eigenvalue weighted by Gasteiger charge is 2.12. The zero-order valence-corrected chi connectivity index (χ0v) is 16.1. The van der Waals surface area contributed by atoms with E-state index in [1.165, 1.54) is 16.8 Å². The Kier molecular flexibility index (Phi) is 6.00. The summed E-state index contributed by atoms with van der Waals surface area (Å²) in [6, 6.07) is 8.75. The minimum atomic E-state index is -0.296. The Hall–Kier alpha value is -3.26. The number of aryl methyl sites for hydroxylation is 2. The molecule has 0 atom stereocenters. The molecule has 0 fully saturated rings. The average Bonchev–Trinajstić information content (AvgIpc) is 3.09. The van der Waals surface area contributed by atoms with Crippen molar-refractivity contribution in [3.05, 3.63) is 63.8 Å². The van der Waals surface area contributed by atoms with Crippen molar-refractivity contribution in [2.24, 2.45) is 0 Å². The highest BCUT2D eigenvalue weighted by atomic mass is 16.5. The van der Waals surface area contributed by atoms with E-state index in [4.69, 9.17) is 9.26 Å². The molecule has 0 spiro atoms. The van der Waals surface area contributed by atoms with E-state index in [0.29, 0.717) is 30.1 Å². The van der Waals surface area contributed by atoms with Crippen LogP contribution in [0.3, 0.4) is 0 Å². The largest absolute Gasteiger partial charge is 0.384 e. The van der Waals surface area contributed by atoms with Crippen LogP contribution < -0.4 is 10.9 Å². The zero-order chi connectivity index (χ0) is 20.1. The third-order valence-electron chi connectivity index (χ3n) is 4.05. The molecule has 0 aliphatic heterocycles. The molecule has 0 aliphatic rings. The molecule has 0 saturated carbocycles. The Morgan fingerprint density at radius 2 is 1.96 bits per heavy atom. The van der Waals surface area contributed by atoms with E-state index < -0.39 is 0 Å². The lowest BCUT2D eigenvalue weighted by molar-refractivity contribution is -0.116. The summed E-state index contributed by atoms with van der Waals surface area (Å²) in [5.41, 5.74) is 3.07. The summed E-state index contributed by atoms with van der Waals surface area (Å²) in [6.45, 7) is 4.28. The van der Waals surface area contributed by atoms with Crippen LogP contribution in [0.15, 0.2) is 45.8 Å². The predicted molar refractivity (Wildman–Crippen MR) is 104 cm³/mol. The second-order valence-electron chi connectivity index (χ2n) is 6.57. The molecule has 0 bridgehead atoms. The van der Waals surface area contributed by atoms with Gasteiger partial charge in [0.05, 0.1) is 12.2 Å². The second-order valence-corrected chi connectivity index (χ2v) is 6.57. The van der Waals surface area contributed by atoms with Crippen molar-refractivity contribution in [1.82, 2.24) is 14.7 Å². The number of anilines is 1. The highest BCUT2D eigenvalue weighted by Crippen LogP contribution is 2.16. The second kappa shape index (κ2) is 8.62. The summed E-state index contributed by atoms with van der Waals surface area (Å²) >= 11 is 0. The molecule has 0 saturated heterocycles. The molecule has 0 aliphatic carbocycles. The van der Waals surface area contributed by atoms with Gasteiger partial charge in [0, 0.05) is 31.5 Å². The number of benzene rings is 1. The minimum absolute atomic E-state index is 0.121. The lowest BCUT2D eigenvalue weighted by atomic mass is 10.1. The number of nitrogens with zero attached hydrogens (tertiary/aromatic N) is 3. The Bertz CT molecular complexity index is 1020. The summed E-state index contributed by atoms with van der Waals surface area (Å²) in [7, 11) is 1.60. The van der Waals surface area contributed by atoms with Gasteiger partial charge in [-0.2, -0.15) is 4.98 Å². The van der Waals surface area contributed by atoms with Crippen LogP contribution >= 0.6 is 0 Å². The van der Waals surface area contributed by atoms with Crippen LogP contribution in [0, 0.1) is 13.8 Å².